The number of carbonyl (C=O) groups excluding carboxylic acids is 1. The molecule has 1 N–H and O–H groups in total. The van der Waals surface area contributed by atoms with Crippen molar-refractivity contribution >= 4 is 11.8 Å². The van der Waals surface area contributed by atoms with Crippen LogP contribution in [-0.2, 0) is 20.9 Å². The first-order valence-electron chi connectivity index (χ1n) is 13.0. The van der Waals surface area contributed by atoms with E-state index in [2.05, 4.69) is 47.4 Å². The van der Waals surface area contributed by atoms with Gasteiger partial charge in [0.1, 0.15) is 0 Å². The number of rotatable bonds is 11. The molecular weight excluding hydrogens is 438 g/mol. The zero-order valence-electron chi connectivity index (χ0n) is 20.5. The Kier molecular flexibility index (Phi) is 9.27. The lowest BCUT2D eigenvalue weighted by Crippen LogP contribution is -2.46. The molecule has 1 heterocycles. The third-order valence-electron chi connectivity index (χ3n) is 7.28. The quantitative estimate of drug-likeness (QED) is 0.411. The lowest BCUT2D eigenvalue weighted by molar-refractivity contribution is -0.136. The zero-order chi connectivity index (χ0) is 24.5. The van der Waals surface area contributed by atoms with Crippen LogP contribution in [0.3, 0.4) is 0 Å². The van der Waals surface area contributed by atoms with E-state index in [1.165, 1.54) is 17.5 Å². The molecule has 35 heavy (non-hydrogen) atoms. The minimum atomic E-state index is -0.772. The molecule has 1 saturated heterocycles. The van der Waals surface area contributed by atoms with Gasteiger partial charge in [-0.25, -0.2) is 0 Å². The van der Waals surface area contributed by atoms with E-state index in [0.29, 0.717) is 25.2 Å². The van der Waals surface area contributed by atoms with Crippen molar-refractivity contribution in [1.29, 1.82) is 0 Å². The summed E-state index contributed by atoms with van der Waals surface area (Å²) in [5, 5.41) is 8.82. The number of aliphatic carboxylic acids is 1. The van der Waals surface area contributed by atoms with Crippen LogP contribution in [0.15, 0.2) is 66.7 Å². The highest BCUT2D eigenvalue weighted by Crippen LogP contribution is 2.35. The van der Waals surface area contributed by atoms with Crippen LogP contribution in [0.25, 0.3) is 11.1 Å². The SMILES string of the molecule is O=C(O)CCC=CCCC1C(OCc2ccc(-c3ccccc3)cc2)CC(=O)C1N1CCCCC1. The van der Waals surface area contributed by atoms with Crippen LogP contribution in [0.4, 0.5) is 0 Å². The maximum absolute atomic E-state index is 13.1. The zero-order valence-corrected chi connectivity index (χ0v) is 20.5. The molecule has 0 spiro atoms. The van der Waals surface area contributed by atoms with Gasteiger partial charge in [-0.1, -0.05) is 73.2 Å². The van der Waals surface area contributed by atoms with Crippen LogP contribution in [-0.4, -0.2) is 47.0 Å². The van der Waals surface area contributed by atoms with Gasteiger partial charge in [-0.2, -0.15) is 0 Å². The summed E-state index contributed by atoms with van der Waals surface area (Å²) in [6.07, 6.45) is 10.4. The van der Waals surface area contributed by atoms with E-state index in [1.54, 1.807) is 0 Å². The van der Waals surface area contributed by atoms with Gasteiger partial charge < -0.3 is 9.84 Å². The number of carbonyl (C=O) groups is 2. The summed E-state index contributed by atoms with van der Waals surface area (Å²) in [5.74, 6) is -0.282. The highest BCUT2D eigenvalue weighted by Gasteiger charge is 2.45. The summed E-state index contributed by atoms with van der Waals surface area (Å²) < 4.78 is 6.40. The number of carboxylic acid groups (broad SMARTS) is 1. The van der Waals surface area contributed by atoms with E-state index in [9.17, 15) is 9.59 Å². The third-order valence-corrected chi connectivity index (χ3v) is 7.28. The van der Waals surface area contributed by atoms with E-state index in [-0.39, 0.29) is 24.5 Å². The fourth-order valence-corrected chi connectivity index (χ4v) is 5.47. The first-order valence-corrected chi connectivity index (χ1v) is 13.0. The lowest BCUT2D eigenvalue weighted by Gasteiger charge is -2.35. The Bertz CT molecular complexity index is 979. The molecule has 3 unspecified atom stereocenters. The fraction of sp³-hybridized carbons (Fsp3) is 0.467. The van der Waals surface area contributed by atoms with Crippen molar-refractivity contribution in [1.82, 2.24) is 4.90 Å². The van der Waals surface area contributed by atoms with Crippen molar-refractivity contribution in [3.8, 4) is 11.1 Å². The highest BCUT2D eigenvalue weighted by molar-refractivity contribution is 5.87. The second kappa shape index (κ2) is 12.8. The summed E-state index contributed by atoms with van der Waals surface area (Å²) in [4.78, 5) is 26.2. The van der Waals surface area contributed by atoms with Gasteiger partial charge >= 0.3 is 5.97 Å². The molecule has 2 aromatic carbocycles. The van der Waals surface area contributed by atoms with Crippen LogP contribution in [0.2, 0.25) is 0 Å². The molecule has 1 aliphatic carbocycles. The smallest absolute Gasteiger partial charge is 0.303 e. The van der Waals surface area contributed by atoms with Gasteiger partial charge in [0.15, 0.2) is 5.78 Å². The average molecular weight is 476 g/mol. The Morgan fingerprint density at radius 2 is 1.63 bits per heavy atom. The van der Waals surface area contributed by atoms with E-state index in [0.717, 1.165) is 44.3 Å². The predicted octanol–water partition coefficient (Wildman–Crippen LogP) is 5.88. The van der Waals surface area contributed by atoms with Gasteiger partial charge in [0, 0.05) is 18.8 Å². The minimum absolute atomic E-state index is 0.0480. The molecule has 4 rings (SSSR count). The number of likely N-dealkylation sites (tertiary alicyclic amines) is 1. The van der Waals surface area contributed by atoms with Gasteiger partial charge in [0.05, 0.1) is 18.8 Å². The second-order valence-electron chi connectivity index (χ2n) is 9.77. The Morgan fingerprint density at radius 1 is 0.943 bits per heavy atom. The standard InChI is InChI=1S/C30H37NO4/c32-27-21-28(35-22-23-15-17-25(18-16-23)24-11-5-3-6-12-24)26(13-7-1-2-8-14-29(33)34)30(27)31-19-9-4-10-20-31/h1-3,5-6,11-12,15-18,26,28,30H,4,7-10,13-14,19-22H2,(H,33,34). The van der Waals surface area contributed by atoms with E-state index >= 15 is 0 Å². The number of piperidine rings is 1. The van der Waals surface area contributed by atoms with Crippen LogP contribution < -0.4 is 0 Å². The maximum atomic E-state index is 13.1. The average Bonchev–Trinajstić information content (AvgIpc) is 3.20. The Morgan fingerprint density at radius 3 is 2.34 bits per heavy atom. The van der Waals surface area contributed by atoms with Gasteiger partial charge in [0.2, 0.25) is 0 Å². The Hall–Kier alpha value is -2.76. The molecular formula is C30H37NO4. The largest absolute Gasteiger partial charge is 0.481 e. The summed E-state index contributed by atoms with van der Waals surface area (Å²) in [6, 6.07) is 18.8. The number of carboxylic acids is 1. The van der Waals surface area contributed by atoms with Crippen LogP contribution in [0.1, 0.15) is 56.9 Å². The number of Topliss-reactive ketones (excluding diaryl/α,β-unsaturated/α-hetero) is 1. The second-order valence-corrected chi connectivity index (χ2v) is 9.77. The molecule has 5 heteroatoms. The molecule has 5 nitrogen and oxygen atoms in total. The van der Waals surface area contributed by atoms with Crippen molar-refractivity contribution in [2.75, 3.05) is 13.1 Å². The minimum Gasteiger partial charge on any atom is -0.481 e. The molecule has 186 valence electrons. The number of hydrogen-bond acceptors (Lipinski definition) is 4. The van der Waals surface area contributed by atoms with Crippen molar-refractivity contribution in [3.63, 3.8) is 0 Å². The number of ether oxygens (including phenoxy) is 1. The molecule has 2 aliphatic rings. The number of ketones is 1. The highest BCUT2D eigenvalue weighted by atomic mass is 16.5. The van der Waals surface area contributed by atoms with Gasteiger partial charge in [-0.15, -0.1) is 0 Å². The van der Waals surface area contributed by atoms with Crippen LogP contribution >= 0.6 is 0 Å². The van der Waals surface area contributed by atoms with E-state index in [1.807, 2.05) is 24.3 Å². The summed E-state index contributed by atoms with van der Waals surface area (Å²) in [7, 11) is 0. The molecule has 1 aliphatic heterocycles. The van der Waals surface area contributed by atoms with Gasteiger partial charge in [0.25, 0.3) is 0 Å². The molecule has 0 bridgehead atoms. The van der Waals surface area contributed by atoms with Crippen molar-refractivity contribution in [2.24, 2.45) is 5.92 Å². The molecule has 0 amide bonds. The normalized spacial score (nSPS) is 23.2. The van der Waals surface area contributed by atoms with Crippen LogP contribution in [0, 0.1) is 5.92 Å². The monoisotopic (exact) mass is 475 g/mol. The van der Waals surface area contributed by atoms with Crippen molar-refractivity contribution in [2.45, 2.75) is 70.1 Å². The first kappa shape index (κ1) is 25.3. The molecule has 3 atom stereocenters. The van der Waals surface area contributed by atoms with Crippen molar-refractivity contribution < 1.29 is 19.4 Å². The molecule has 1 saturated carbocycles. The van der Waals surface area contributed by atoms with E-state index in [4.69, 9.17) is 9.84 Å². The molecule has 2 fully saturated rings. The molecule has 0 radical (unpaired) electrons. The number of allylic oxidation sites excluding steroid dienone is 2. The molecule has 0 aromatic heterocycles. The topological polar surface area (TPSA) is 66.8 Å². The molecule has 2 aromatic rings. The summed E-state index contributed by atoms with van der Waals surface area (Å²) >= 11 is 0. The van der Waals surface area contributed by atoms with Crippen LogP contribution in [0.5, 0.6) is 0 Å². The summed E-state index contributed by atoms with van der Waals surface area (Å²) in [5.41, 5.74) is 3.50. The number of hydrogen-bond donors (Lipinski definition) is 1. The summed E-state index contributed by atoms with van der Waals surface area (Å²) in [6.45, 7) is 2.49. The fourth-order valence-electron chi connectivity index (χ4n) is 5.47. The predicted molar refractivity (Wildman–Crippen MR) is 138 cm³/mol. The van der Waals surface area contributed by atoms with Crippen molar-refractivity contribution in [3.05, 3.63) is 72.3 Å². The number of benzene rings is 2. The third kappa shape index (κ3) is 7.12. The van der Waals surface area contributed by atoms with E-state index < -0.39 is 5.97 Å². The number of nitrogens with zero attached hydrogens (tertiary/aromatic N) is 1. The van der Waals surface area contributed by atoms with Gasteiger partial charge in [-0.05, 0) is 61.9 Å². The lowest BCUT2D eigenvalue weighted by atomic mass is 9.92. The maximum Gasteiger partial charge on any atom is 0.303 e. The first-order chi connectivity index (χ1) is 17.1. The Balaban J connectivity index is 1.38. The Labute approximate surface area is 208 Å². The van der Waals surface area contributed by atoms with Gasteiger partial charge in [-0.3, -0.25) is 14.5 Å².